The van der Waals surface area contributed by atoms with E-state index in [1.54, 1.807) is 24.3 Å². The molecule has 0 bridgehead atoms. The third kappa shape index (κ3) is 5.55. The Morgan fingerprint density at radius 3 is 1.96 bits per heavy atom. The van der Waals surface area contributed by atoms with Gasteiger partial charge < -0.3 is 0 Å². The molecule has 1 aliphatic carbocycles. The minimum absolute atomic E-state index is 0.0203. The van der Waals surface area contributed by atoms with Crippen LogP contribution in [0, 0.1) is 0 Å². The van der Waals surface area contributed by atoms with Crippen LogP contribution >= 0.6 is 11.6 Å². The highest BCUT2D eigenvalue weighted by Crippen LogP contribution is 2.20. The van der Waals surface area contributed by atoms with Crippen LogP contribution in [0.5, 0.6) is 0 Å². The van der Waals surface area contributed by atoms with E-state index in [0.717, 1.165) is 31.2 Å². The average Bonchev–Trinajstić information content (AvgIpc) is 3.15. The van der Waals surface area contributed by atoms with Gasteiger partial charge in [-0.2, -0.15) is 0 Å². The Labute approximate surface area is 171 Å². The first-order valence-electron chi connectivity index (χ1n) is 9.13. The van der Waals surface area contributed by atoms with Gasteiger partial charge in [-0.3, -0.25) is 0 Å². The van der Waals surface area contributed by atoms with E-state index >= 15 is 0 Å². The molecule has 9 heteroatoms. The Balaban J connectivity index is 1.56. The highest BCUT2D eigenvalue weighted by Gasteiger charge is 2.22. The summed E-state index contributed by atoms with van der Waals surface area (Å²) in [6, 6.07) is 12.5. The minimum atomic E-state index is -3.61. The molecule has 6 nitrogen and oxygen atoms in total. The number of hydrogen-bond donors (Lipinski definition) is 2. The Morgan fingerprint density at radius 1 is 0.821 bits per heavy atom. The molecular weight excluding hydrogens is 420 g/mol. The SMILES string of the molecule is O=S(=O)(NCCc1ccc(S(=O)(=O)NC2CCCC2)cc1)c1ccc(Cl)cc1. The van der Waals surface area contributed by atoms with Crippen molar-refractivity contribution in [2.45, 2.75) is 47.9 Å². The Kier molecular flexibility index (Phi) is 6.77. The molecule has 0 saturated heterocycles. The third-order valence-electron chi connectivity index (χ3n) is 4.74. The van der Waals surface area contributed by atoms with Crippen molar-refractivity contribution in [3.05, 3.63) is 59.1 Å². The largest absolute Gasteiger partial charge is 0.240 e. The topological polar surface area (TPSA) is 92.3 Å². The predicted octanol–water partition coefficient (Wildman–Crippen LogP) is 3.08. The molecule has 1 aliphatic rings. The molecule has 0 spiro atoms. The van der Waals surface area contributed by atoms with E-state index in [0.29, 0.717) is 11.4 Å². The second-order valence-electron chi connectivity index (χ2n) is 6.85. The summed E-state index contributed by atoms with van der Waals surface area (Å²) in [5, 5.41) is 0.469. The molecule has 0 unspecified atom stereocenters. The monoisotopic (exact) mass is 442 g/mol. The molecule has 2 aromatic carbocycles. The molecule has 3 rings (SSSR count). The third-order valence-corrected chi connectivity index (χ3v) is 8.01. The fourth-order valence-electron chi connectivity index (χ4n) is 3.19. The van der Waals surface area contributed by atoms with Crippen LogP contribution in [0.3, 0.4) is 0 Å². The zero-order valence-corrected chi connectivity index (χ0v) is 17.7. The van der Waals surface area contributed by atoms with Gasteiger partial charge in [0.1, 0.15) is 0 Å². The molecule has 0 aromatic heterocycles. The first-order valence-corrected chi connectivity index (χ1v) is 12.5. The van der Waals surface area contributed by atoms with Crippen LogP contribution in [0.15, 0.2) is 58.3 Å². The molecule has 0 radical (unpaired) electrons. The van der Waals surface area contributed by atoms with E-state index in [9.17, 15) is 16.8 Å². The summed E-state index contributed by atoms with van der Waals surface area (Å²) < 4.78 is 54.6. The quantitative estimate of drug-likeness (QED) is 0.657. The first kappa shape index (κ1) is 21.3. The molecule has 1 saturated carbocycles. The molecule has 0 amide bonds. The van der Waals surface area contributed by atoms with E-state index < -0.39 is 20.0 Å². The second kappa shape index (κ2) is 8.92. The maximum absolute atomic E-state index is 12.4. The van der Waals surface area contributed by atoms with Gasteiger partial charge in [-0.05, 0) is 61.2 Å². The number of nitrogens with one attached hydrogen (secondary N) is 2. The standard InChI is InChI=1S/C19H23ClN2O4S2/c20-16-7-11-18(12-8-16)27(23,24)21-14-13-15-5-9-19(10-6-15)28(25,26)22-17-3-1-2-4-17/h5-12,17,21-22H,1-4,13-14H2. The van der Waals surface area contributed by atoms with E-state index in [4.69, 9.17) is 11.6 Å². The summed E-state index contributed by atoms with van der Waals surface area (Å²) in [6.07, 6.45) is 4.31. The highest BCUT2D eigenvalue weighted by atomic mass is 35.5. The van der Waals surface area contributed by atoms with Crippen molar-refractivity contribution in [3.8, 4) is 0 Å². The van der Waals surface area contributed by atoms with Crippen LogP contribution in [0.2, 0.25) is 5.02 Å². The number of rotatable bonds is 8. The molecular formula is C19H23ClN2O4S2. The van der Waals surface area contributed by atoms with Crippen molar-refractivity contribution in [2.75, 3.05) is 6.54 Å². The second-order valence-corrected chi connectivity index (χ2v) is 10.8. The lowest BCUT2D eigenvalue weighted by atomic mass is 10.2. The van der Waals surface area contributed by atoms with Crippen LogP contribution in [-0.4, -0.2) is 29.4 Å². The lowest BCUT2D eigenvalue weighted by Crippen LogP contribution is -2.32. The van der Waals surface area contributed by atoms with E-state index in [1.165, 1.54) is 24.3 Å². The van der Waals surface area contributed by atoms with Crippen molar-refractivity contribution in [1.82, 2.24) is 9.44 Å². The Bertz CT molecular complexity index is 999. The summed E-state index contributed by atoms with van der Waals surface area (Å²) in [5.74, 6) is 0. The zero-order chi connectivity index (χ0) is 20.2. The fraction of sp³-hybridized carbons (Fsp3) is 0.368. The van der Waals surface area contributed by atoms with E-state index in [-0.39, 0.29) is 22.4 Å². The molecule has 0 aliphatic heterocycles. The predicted molar refractivity (Wildman–Crippen MR) is 109 cm³/mol. The van der Waals surface area contributed by atoms with Gasteiger partial charge in [-0.15, -0.1) is 0 Å². The highest BCUT2D eigenvalue weighted by molar-refractivity contribution is 7.89. The molecule has 0 heterocycles. The molecule has 152 valence electrons. The Morgan fingerprint density at radius 2 is 1.36 bits per heavy atom. The molecule has 2 N–H and O–H groups in total. The van der Waals surface area contributed by atoms with Crippen molar-refractivity contribution >= 4 is 31.6 Å². The van der Waals surface area contributed by atoms with Gasteiger partial charge in [-0.1, -0.05) is 36.6 Å². The molecule has 28 heavy (non-hydrogen) atoms. The summed E-state index contributed by atoms with van der Waals surface area (Å²) >= 11 is 5.78. The van der Waals surface area contributed by atoms with Crippen LogP contribution < -0.4 is 9.44 Å². The van der Waals surface area contributed by atoms with Crippen LogP contribution in [0.1, 0.15) is 31.2 Å². The van der Waals surface area contributed by atoms with Crippen LogP contribution in [0.4, 0.5) is 0 Å². The van der Waals surface area contributed by atoms with Crippen molar-refractivity contribution in [3.63, 3.8) is 0 Å². The summed E-state index contributed by atoms with van der Waals surface area (Å²) in [6.45, 7) is 0.206. The lowest BCUT2D eigenvalue weighted by Gasteiger charge is -2.13. The number of hydrogen-bond acceptors (Lipinski definition) is 4. The number of sulfonamides is 2. The van der Waals surface area contributed by atoms with Gasteiger partial charge in [-0.25, -0.2) is 26.3 Å². The summed E-state index contributed by atoms with van der Waals surface area (Å²) in [4.78, 5) is 0.376. The fourth-order valence-corrected chi connectivity index (χ4v) is 5.66. The summed E-state index contributed by atoms with van der Waals surface area (Å²) in [5.41, 5.74) is 0.846. The smallest absolute Gasteiger partial charge is 0.211 e. The van der Waals surface area contributed by atoms with E-state index in [1.807, 2.05) is 0 Å². The molecule has 1 fully saturated rings. The van der Waals surface area contributed by atoms with Crippen molar-refractivity contribution in [1.29, 1.82) is 0 Å². The molecule has 0 atom stereocenters. The van der Waals surface area contributed by atoms with Gasteiger partial charge >= 0.3 is 0 Å². The number of halogens is 1. The normalized spacial score (nSPS) is 15.8. The zero-order valence-electron chi connectivity index (χ0n) is 15.3. The lowest BCUT2D eigenvalue weighted by molar-refractivity contribution is 0.552. The summed E-state index contributed by atoms with van der Waals surface area (Å²) in [7, 11) is -7.12. The van der Waals surface area contributed by atoms with Gasteiger partial charge in [0.25, 0.3) is 0 Å². The molecule has 2 aromatic rings. The Hall–Kier alpha value is -1.45. The van der Waals surface area contributed by atoms with E-state index in [2.05, 4.69) is 9.44 Å². The maximum atomic E-state index is 12.4. The van der Waals surface area contributed by atoms with Crippen molar-refractivity contribution < 1.29 is 16.8 Å². The maximum Gasteiger partial charge on any atom is 0.240 e. The van der Waals surface area contributed by atoms with Gasteiger partial charge in [0.05, 0.1) is 9.79 Å². The van der Waals surface area contributed by atoms with Crippen LogP contribution in [0.25, 0.3) is 0 Å². The number of benzene rings is 2. The first-order chi connectivity index (χ1) is 13.3. The van der Waals surface area contributed by atoms with Gasteiger partial charge in [0.15, 0.2) is 0 Å². The van der Waals surface area contributed by atoms with Gasteiger partial charge in [0, 0.05) is 17.6 Å². The van der Waals surface area contributed by atoms with Gasteiger partial charge in [0.2, 0.25) is 20.0 Å². The minimum Gasteiger partial charge on any atom is -0.211 e. The van der Waals surface area contributed by atoms with Crippen LogP contribution in [-0.2, 0) is 26.5 Å². The van der Waals surface area contributed by atoms with Crippen molar-refractivity contribution in [2.24, 2.45) is 0 Å². The average molecular weight is 443 g/mol.